The molecule has 0 bridgehead atoms. The van der Waals surface area contributed by atoms with E-state index in [1.165, 1.54) is 11.1 Å². The summed E-state index contributed by atoms with van der Waals surface area (Å²) < 4.78 is 5.56. The SMILES string of the molecule is O=C(CN1CSCC1=O)N1CCN(Cc2ccc3c(c2)CCO3)CC1. The van der Waals surface area contributed by atoms with Crippen LogP contribution in [0.25, 0.3) is 0 Å². The van der Waals surface area contributed by atoms with Gasteiger partial charge in [-0.15, -0.1) is 11.8 Å². The zero-order chi connectivity index (χ0) is 17.2. The molecule has 0 N–H and O–H groups in total. The summed E-state index contributed by atoms with van der Waals surface area (Å²) in [6.07, 6.45) is 0.999. The van der Waals surface area contributed by atoms with E-state index in [-0.39, 0.29) is 18.4 Å². The third kappa shape index (κ3) is 3.77. The summed E-state index contributed by atoms with van der Waals surface area (Å²) >= 11 is 1.58. The first-order valence-corrected chi connectivity index (χ1v) is 9.95. The van der Waals surface area contributed by atoms with Crippen LogP contribution in [0.15, 0.2) is 18.2 Å². The molecule has 0 unspecified atom stereocenters. The number of piperazine rings is 1. The Kier molecular flexibility index (Phi) is 4.85. The normalized spacial score (nSPS) is 20.7. The van der Waals surface area contributed by atoms with Gasteiger partial charge in [0.25, 0.3) is 0 Å². The molecule has 0 aliphatic carbocycles. The summed E-state index contributed by atoms with van der Waals surface area (Å²) in [4.78, 5) is 30.0. The lowest BCUT2D eigenvalue weighted by atomic mass is 10.1. The Morgan fingerprint density at radius 1 is 1.20 bits per heavy atom. The lowest BCUT2D eigenvalue weighted by molar-refractivity contribution is -0.139. The van der Waals surface area contributed by atoms with Crippen molar-refractivity contribution in [1.82, 2.24) is 14.7 Å². The van der Waals surface area contributed by atoms with Crippen molar-refractivity contribution < 1.29 is 14.3 Å². The number of thioether (sulfide) groups is 1. The van der Waals surface area contributed by atoms with E-state index in [2.05, 4.69) is 23.1 Å². The third-order valence-electron chi connectivity index (χ3n) is 5.04. The summed E-state index contributed by atoms with van der Waals surface area (Å²) in [5, 5.41) is 0. The van der Waals surface area contributed by atoms with Crippen LogP contribution in [-0.4, -0.2) is 77.5 Å². The highest BCUT2D eigenvalue weighted by atomic mass is 32.2. The Morgan fingerprint density at radius 2 is 2.04 bits per heavy atom. The third-order valence-corrected chi connectivity index (χ3v) is 5.98. The quantitative estimate of drug-likeness (QED) is 0.794. The molecule has 1 aromatic rings. The standard InChI is InChI=1S/C18H23N3O3S/c22-17(11-21-13-25-12-18(21)23)20-6-4-19(5-7-20)10-14-1-2-16-15(9-14)3-8-24-16/h1-2,9H,3-8,10-13H2. The van der Waals surface area contributed by atoms with Crippen LogP contribution in [0.1, 0.15) is 11.1 Å². The zero-order valence-corrected chi connectivity index (χ0v) is 15.1. The molecule has 3 aliphatic heterocycles. The summed E-state index contributed by atoms with van der Waals surface area (Å²) in [5.41, 5.74) is 2.61. The van der Waals surface area contributed by atoms with Gasteiger partial charge >= 0.3 is 0 Å². The minimum Gasteiger partial charge on any atom is -0.493 e. The van der Waals surface area contributed by atoms with Gasteiger partial charge in [-0.1, -0.05) is 12.1 Å². The lowest BCUT2D eigenvalue weighted by Crippen LogP contribution is -2.51. The van der Waals surface area contributed by atoms with Crippen LogP contribution >= 0.6 is 11.8 Å². The number of hydrogen-bond acceptors (Lipinski definition) is 5. The zero-order valence-electron chi connectivity index (χ0n) is 14.3. The fraction of sp³-hybridized carbons (Fsp3) is 0.556. The molecule has 3 heterocycles. The molecule has 0 spiro atoms. The van der Waals surface area contributed by atoms with Gasteiger partial charge in [0.1, 0.15) is 12.3 Å². The van der Waals surface area contributed by atoms with Gasteiger partial charge in [0.15, 0.2) is 0 Å². The molecule has 0 saturated carbocycles. The van der Waals surface area contributed by atoms with Gasteiger partial charge in [-0.3, -0.25) is 14.5 Å². The molecule has 25 heavy (non-hydrogen) atoms. The molecule has 6 nitrogen and oxygen atoms in total. The maximum Gasteiger partial charge on any atom is 0.242 e. The molecule has 0 radical (unpaired) electrons. The summed E-state index contributed by atoms with van der Waals surface area (Å²) in [6.45, 7) is 5.17. The molecule has 7 heteroatoms. The van der Waals surface area contributed by atoms with Crippen LogP contribution in [0.3, 0.4) is 0 Å². The molecular weight excluding hydrogens is 338 g/mol. The van der Waals surface area contributed by atoms with E-state index in [0.29, 0.717) is 11.6 Å². The minimum absolute atomic E-state index is 0.0742. The Labute approximate surface area is 152 Å². The van der Waals surface area contributed by atoms with Crippen molar-refractivity contribution in [3.63, 3.8) is 0 Å². The molecular formula is C18H23N3O3S. The number of benzene rings is 1. The summed E-state index contributed by atoms with van der Waals surface area (Å²) in [5.74, 6) is 2.33. The fourth-order valence-electron chi connectivity index (χ4n) is 3.56. The van der Waals surface area contributed by atoms with Gasteiger partial charge in [-0.2, -0.15) is 0 Å². The topological polar surface area (TPSA) is 53.1 Å². The van der Waals surface area contributed by atoms with Gasteiger partial charge in [0.2, 0.25) is 11.8 Å². The van der Waals surface area contributed by atoms with Crippen LogP contribution < -0.4 is 4.74 Å². The maximum absolute atomic E-state index is 12.4. The number of carbonyl (C=O) groups excluding carboxylic acids is 2. The van der Waals surface area contributed by atoms with E-state index in [9.17, 15) is 9.59 Å². The molecule has 0 atom stereocenters. The predicted octanol–water partition coefficient (Wildman–Crippen LogP) is 0.799. The van der Waals surface area contributed by atoms with E-state index >= 15 is 0 Å². The van der Waals surface area contributed by atoms with Crippen molar-refractivity contribution in [3.05, 3.63) is 29.3 Å². The van der Waals surface area contributed by atoms with Crippen molar-refractivity contribution in [2.45, 2.75) is 13.0 Å². The first kappa shape index (κ1) is 16.7. The first-order valence-electron chi connectivity index (χ1n) is 8.79. The minimum atomic E-state index is 0.0742. The Balaban J connectivity index is 1.26. The fourth-order valence-corrected chi connectivity index (χ4v) is 4.46. The van der Waals surface area contributed by atoms with Gasteiger partial charge in [0, 0.05) is 39.1 Å². The predicted molar refractivity (Wildman–Crippen MR) is 96.5 cm³/mol. The Morgan fingerprint density at radius 3 is 2.80 bits per heavy atom. The number of hydrogen-bond donors (Lipinski definition) is 0. The number of nitrogens with zero attached hydrogens (tertiary/aromatic N) is 3. The molecule has 0 aromatic heterocycles. The second-order valence-corrected chi connectivity index (χ2v) is 7.72. The molecule has 2 amide bonds. The number of rotatable bonds is 4. The smallest absolute Gasteiger partial charge is 0.242 e. The second-order valence-electron chi connectivity index (χ2n) is 6.77. The summed E-state index contributed by atoms with van der Waals surface area (Å²) in [6, 6.07) is 6.46. The van der Waals surface area contributed by atoms with Crippen molar-refractivity contribution in [3.8, 4) is 5.75 Å². The molecule has 2 saturated heterocycles. The first-order chi connectivity index (χ1) is 12.2. The average molecular weight is 361 g/mol. The van der Waals surface area contributed by atoms with Crippen LogP contribution in [0.5, 0.6) is 5.75 Å². The summed E-state index contributed by atoms with van der Waals surface area (Å²) in [7, 11) is 0. The molecule has 4 rings (SSSR count). The van der Waals surface area contributed by atoms with E-state index < -0.39 is 0 Å². The van der Waals surface area contributed by atoms with Gasteiger partial charge in [-0.05, 0) is 17.2 Å². The van der Waals surface area contributed by atoms with Crippen molar-refractivity contribution in [2.24, 2.45) is 0 Å². The number of fused-ring (bicyclic) bond motifs is 1. The average Bonchev–Trinajstić information content (AvgIpc) is 3.24. The molecule has 2 fully saturated rings. The molecule has 134 valence electrons. The Hall–Kier alpha value is -1.73. The number of amides is 2. The highest BCUT2D eigenvalue weighted by molar-refractivity contribution is 8.00. The Bertz CT molecular complexity index is 674. The van der Waals surface area contributed by atoms with Crippen molar-refractivity contribution in [1.29, 1.82) is 0 Å². The largest absolute Gasteiger partial charge is 0.493 e. The maximum atomic E-state index is 12.4. The monoisotopic (exact) mass is 361 g/mol. The van der Waals surface area contributed by atoms with Gasteiger partial charge in [-0.25, -0.2) is 0 Å². The van der Waals surface area contributed by atoms with Gasteiger partial charge in [0.05, 0.1) is 18.2 Å². The van der Waals surface area contributed by atoms with E-state index in [0.717, 1.165) is 51.5 Å². The number of carbonyl (C=O) groups is 2. The second kappa shape index (κ2) is 7.25. The lowest BCUT2D eigenvalue weighted by Gasteiger charge is -2.35. The highest BCUT2D eigenvalue weighted by Crippen LogP contribution is 2.26. The molecule has 3 aliphatic rings. The van der Waals surface area contributed by atoms with E-state index in [4.69, 9.17) is 4.74 Å². The van der Waals surface area contributed by atoms with Crippen LogP contribution in [-0.2, 0) is 22.6 Å². The van der Waals surface area contributed by atoms with E-state index in [1.54, 1.807) is 16.7 Å². The molecule has 1 aromatic carbocycles. The van der Waals surface area contributed by atoms with Crippen molar-refractivity contribution >= 4 is 23.6 Å². The van der Waals surface area contributed by atoms with E-state index in [1.807, 2.05) is 4.90 Å². The van der Waals surface area contributed by atoms with Gasteiger partial charge < -0.3 is 14.5 Å². The van der Waals surface area contributed by atoms with Crippen molar-refractivity contribution in [2.75, 3.05) is 51.0 Å². The van der Waals surface area contributed by atoms with Crippen LogP contribution in [0.2, 0.25) is 0 Å². The number of ether oxygens (including phenoxy) is 1. The van der Waals surface area contributed by atoms with Crippen LogP contribution in [0.4, 0.5) is 0 Å². The van der Waals surface area contributed by atoms with Crippen LogP contribution in [0, 0.1) is 0 Å². The highest BCUT2D eigenvalue weighted by Gasteiger charge is 2.27.